The molecule has 6 heteroatoms. The first-order valence-electron chi connectivity index (χ1n) is 9.74. The van der Waals surface area contributed by atoms with Gasteiger partial charge in [-0.1, -0.05) is 45.0 Å². The minimum Gasteiger partial charge on any atom is -0.350 e. The molecule has 152 valence electrons. The molecule has 0 aliphatic carbocycles. The standard InChI is InChI=1S/C22H32N4OS/c1-8-16-9-11-17(12-10-16)18(26(5)6)13-23-21(27)19-15(4)24-20(14(2)3)25-22(19)28-7/h9-12,14,18H,8,13H2,1-7H3,(H,23,27). The highest BCUT2D eigenvalue weighted by molar-refractivity contribution is 7.98. The summed E-state index contributed by atoms with van der Waals surface area (Å²) < 4.78 is 0. The number of nitrogens with one attached hydrogen (secondary N) is 1. The molecule has 0 saturated carbocycles. The zero-order valence-corrected chi connectivity index (χ0v) is 18.9. The van der Waals surface area contributed by atoms with Crippen molar-refractivity contribution in [2.24, 2.45) is 0 Å². The van der Waals surface area contributed by atoms with Crippen molar-refractivity contribution in [3.63, 3.8) is 0 Å². The van der Waals surface area contributed by atoms with Crippen LogP contribution in [0.3, 0.4) is 0 Å². The van der Waals surface area contributed by atoms with Gasteiger partial charge in [-0.05, 0) is 44.8 Å². The summed E-state index contributed by atoms with van der Waals surface area (Å²) in [6.45, 7) is 8.68. The molecule has 1 unspecified atom stereocenters. The lowest BCUT2D eigenvalue weighted by molar-refractivity contribution is 0.0937. The molecule has 2 aromatic rings. The van der Waals surface area contributed by atoms with Gasteiger partial charge in [0.1, 0.15) is 10.9 Å². The maximum Gasteiger partial charge on any atom is 0.255 e. The molecule has 0 aliphatic rings. The van der Waals surface area contributed by atoms with Gasteiger partial charge < -0.3 is 10.2 Å². The fourth-order valence-corrected chi connectivity index (χ4v) is 3.72. The number of rotatable bonds is 8. The van der Waals surface area contributed by atoms with Gasteiger partial charge in [0.25, 0.3) is 5.91 Å². The van der Waals surface area contributed by atoms with Crippen LogP contribution >= 0.6 is 11.8 Å². The molecule has 0 aliphatic heterocycles. The Morgan fingerprint density at radius 1 is 1.18 bits per heavy atom. The number of hydrogen-bond acceptors (Lipinski definition) is 5. The Labute approximate surface area is 173 Å². The predicted molar refractivity (Wildman–Crippen MR) is 117 cm³/mol. The summed E-state index contributed by atoms with van der Waals surface area (Å²) in [5.74, 6) is 0.890. The molecule has 1 aromatic heterocycles. The van der Waals surface area contributed by atoms with Gasteiger partial charge in [0.2, 0.25) is 0 Å². The highest BCUT2D eigenvalue weighted by Gasteiger charge is 2.21. The topological polar surface area (TPSA) is 58.1 Å². The van der Waals surface area contributed by atoms with Crippen LogP contribution in [0.4, 0.5) is 0 Å². The Morgan fingerprint density at radius 3 is 2.32 bits per heavy atom. The third kappa shape index (κ3) is 5.32. The van der Waals surface area contributed by atoms with Crippen molar-refractivity contribution < 1.29 is 4.79 Å². The smallest absolute Gasteiger partial charge is 0.255 e. The van der Waals surface area contributed by atoms with Crippen LogP contribution in [0.2, 0.25) is 0 Å². The van der Waals surface area contributed by atoms with Gasteiger partial charge in [-0.15, -0.1) is 11.8 Å². The average molecular weight is 401 g/mol. The average Bonchev–Trinajstić information content (AvgIpc) is 2.67. The first-order valence-corrected chi connectivity index (χ1v) is 11.0. The molecule has 0 radical (unpaired) electrons. The Morgan fingerprint density at radius 2 is 1.82 bits per heavy atom. The number of amides is 1. The van der Waals surface area contributed by atoms with Gasteiger partial charge in [-0.25, -0.2) is 9.97 Å². The number of benzene rings is 1. The van der Waals surface area contributed by atoms with E-state index in [1.54, 1.807) is 0 Å². The Bertz CT molecular complexity index is 803. The van der Waals surface area contributed by atoms with Crippen LogP contribution in [-0.2, 0) is 6.42 Å². The summed E-state index contributed by atoms with van der Waals surface area (Å²) in [6.07, 6.45) is 2.97. The van der Waals surface area contributed by atoms with Gasteiger partial charge in [-0.2, -0.15) is 0 Å². The van der Waals surface area contributed by atoms with Gasteiger partial charge in [0, 0.05) is 12.5 Å². The predicted octanol–water partition coefficient (Wildman–Crippen LogP) is 4.23. The summed E-state index contributed by atoms with van der Waals surface area (Å²) in [5.41, 5.74) is 3.81. The second-order valence-corrected chi connectivity index (χ2v) is 8.29. The van der Waals surface area contributed by atoms with Crippen LogP contribution in [0.5, 0.6) is 0 Å². The van der Waals surface area contributed by atoms with Crippen LogP contribution < -0.4 is 5.32 Å². The lowest BCUT2D eigenvalue weighted by atomic mass is 10.0. The normalized spacial score (nSPS) is 12.5. The van der Waals surface area contributed by atoms with Crippen LogP contribution in [-0.4, -0.2) is 47.7 Å². The van der Waals surface area contributed by atoms with Crippen molar-refractivity contribution in [3.05, 3.63) is 52.5 Å². The minimum absolute atomic E-state index is 0.101. The summed E-state index contributed by atoms with van der Waals surface area (Å²) in [5, 5.41) is 3.84. The summed E-state index contributed by atoms with van der Waals surface area (Å²) in [4.78, 5) is 24.2. The molecule has 2 rings (SSSR count). The number of aromatic nitrogens is 2. The highest BCUT2D eigenvalue weighted by Crippen LogP contribution is 2.24. The van der Waals surface area contributed by atoms with E-state index < -0.39 is 0 Å². The third-order valence-corrected chi connectivity index (χ3v) is 5.54. The molecule has 5 nitrogen and oxygen atoms in total. The SMILES string of the molecule is CCc1ccc(C(CNC(=O)c2c(C)nc(C(C)C)nc2SC)N(C)C)cc1. The number of aryl methyl sites for hydroxylation is 2. The molecule has 1 aromatic carbocycles. The molecule has 1 amide bonds. The Hall–Kier alpha value is -1.92. The van der Waals surface area contributed by atoms with Crippen molar-refractivity contribution in [1.82, 2.24) is 20.2 Å². The molecular formula is C22H32N4OS. The molecule has 1 atom stereocenters. The number of nitrogens with zero attached hydrogens (tertiary/aromatic N) is 3. The van der Waals surface area contributed by atoms with E-state index in [1.165, 1.54) is 22.9 Å². The molecule has 1 N–H and O–H groups in total. The van der Waals surface area contributed by atoms with Crippen LogP contribution in [0.25, 0.3) is 0 Å². The quantitative estimate of drug-likeness (QED) is 0.531. The van der Waals surface area contributed by atoms with Crippen LogP contribution in [0.1, 0.15) is 65.7 Å². The van der Waals surface area contributed by atoms with E-state index in [1.807, 2.05) is 27.3 Å². The van der Waals surface area contributed by atoms with Crippen molar-refractivity contribution in [1.29, 1.82) is 0 Å². The number of thioether (sulfide) groups is 1. The highest BCUT2D eigenvalue weighted by atomic mass is 32.2. The maximum absolute atomic E-state index is 13.0. The minimum atomic E-state index is -0.116. The zero-order valence-electron chi connectivity index (χ0n) is 18.0. The number of carbonyl (C=O) groups is 1. The van der Waals surface area contributed by atoms with Crippen molar-refractivity contribution in [3.8, 4) is 0 Å². The summed E-state index contributed by atoms with van der Waals surface area (Å²) >= 11 is 1.49. The van der Waals surface area contributed by atoms with E-state index in [9.17, 15) is 4.79 Å². The Balaban J connectivity index is 2.21. The van der Waals surface area contributed by atoms with Gasteiger partial charge >= 0.3 is 0 Å². The second kappa shape index (κ2) is 10.0. The molecule has 0 saturated heterocycles. The summed E-state index contributed by atoms with van der Waals surface area (Å²) in [7, 11) is 4.06. The fourth-order valence-electron chi connectivity index (χ4n) is 3.09. The zero-order chi connectivity index (χ0) is 20.8. The van der Waals surface area contributed by atoms with Gasteiger partial charge in [0.05, 0.1) is 17.3 Å². The van der Waals surface area contributed by atoms with E-state index in [-0.39, 0.29) is 17.9 Å². The van der Waals surface area contributed by atoms with E-state index in [4.69, 9.17) is 0 Å². The van der Waals surface area contributed by atoms with Crippen LogP contribution in [0, 0.1) is 6.92 Å². The summed E-state index contributed by atoms with van der Waals surface area (Å²) in [6, 6.07) is 8.71. The third-order valence-electron chi connectivity index (χ3n) is 4.86. The fraction of sp³-hybridized carbons (Fsp3) is 0.500. The molecule has 0 bridgehead atoms. The lowest BCUT2D eigenvalue weighted by Gasteiger charge is -2.25. The van der Waals surface area contributed by atoms with Crippen molar-refractivity contribution in [2.45, 2.75) is 51.1 Å². The largest absolute Gasteiger partial charge is 0.350 e. The first-order chi connectivity index (χ1) is 13.3. The van der Waals surface area contributed by atoms with E-state index in [2.05, 4.69) is 65.2 Å². The maximum atomic E-state index is 13.0. The van der Waals surface area contributed by atoms with Crippen molar-refractivity contribution >= 4 is 17.7 Å². The monoisotopic (exact) mass is 400 g/mol. The molecule has 1 heterocycles. The van der Waals surface area contributed by atoms with E-state index in [0.29, 0.717) is 12.1 Å². The second-order valence-electron chi connectivity index (χ2n) is 7.49. The molecule has 0 spiro atoms. The number of carbonyl (C=O) groups excluding carboxylic acids is 1. The van der Waals surface area contributed by atoms with Gasteiger partial charge in [0.15, 0.2) is 0 Å². The first kappa shape index (κ1) is 22.4. The molecule has 28 heavy (non-hydrogen) atoms. The van der Waals surface area contributed by atoms with E-state index >= 15 is 0 Å². The van der Waals surface area contributed by atoms with Crippen LogP contribution in [0.15, 0.2) is 29.3 Å². The van der Waals surface area contributed by atoms with Gasteiger partial charge in [-0.3, -0.25) is 4.79 Å². The lowest BCUT2D eigenvalue weighted by Crippen LogP contribution is -2.35. The number of hydrogen-bond donors (Lipinski definition) is 1. The molecular weight excluding hydrogens is 368 g/mol. The van der Waals surface area contributed by atoms with E-state index in [0.717, 1.165) is 23.0 Å². The molecule has 0 fully saturated rings. The van der Waals surface area contributed by atoms with Crippen molar-refractivity contribution in [2.75, 3.05) is 26.9 Å². The Kier molecular flexibility index (Phi) is 8.01. The number of likely N-dealkylation sites (N-methyl/N-ethyl adjacent to an activating group) is 1.